The maximum absolute atomic E-state index is 4.53. The van der Waals surface area contributed by atoms with Gasteiger partial charge in [0.1, 0.15) is 0 Å². The van der Waals surface area contributed by atoms with Crippen molar-refractivity contribution in [2.75, 3.05) is 4.90 Å². The second-order valence-electron chi connectivity index (χ2n) is 18.3. The minimum atomic E-state index is -0.199. The van der Waals surface area contributed by atoms with Crippen molar-refractivity contribution in [2.45, 2.75) is 19.3 Å². The minimum Gasteiger partial charge on any atom is -0.309 e. The van der Waals surface area contributed by atoms with E-state index in [9.17, 15) is 0 Å². The Bertz CT molecular complexity index is 3850. The van der Waals surface area contributed by atoms with Crippen LogP contribution in [0.5, 0.6) is 0 Å². The van der Waals surface area contributed by atoms with Gasteiger partial charge in [-0.3, -0.25) is 9.97 Å². The van der Waals surface area contributed by atoms with E-state index in [0.29, 0.717) is 0 Å². The van der Waals surface area contributed by atoms with E-state index < -0.39 is 0 Å². The summed E-state index contributed by atoms with van der Waals surface area (Å²) in [6, 6.07) is 74.0. The van der Waals surface area contributed by atoms with Gasteiger partial charge in [0.25, 0.3) is 0 Å². The first-order valence-corrected chi connectivity index (χ1v) is 22.8. The number of anilines is 3. The quantitative estimate of drug-likeness (QED) is 0.150. The molecule has 1 aliphatic carbocycles. The van der Waals surface area contributed by atoms with Gasteiger partial charge < -0.3 is 4.90 Å². The first-order valence-electron chi connectivity index (χ1n) is 22.8. The Hall–Kier alpha value is -8.40. The fourth-order valence-electron chi connectivity index (χ4n) is 10.8. The van der Waals surface area contributed by atoms with E-state index in [1.807, 2.05) is 36.9 Å². The molecule has 10 aromatic carbocycles. The molecule has 0 aliphatic heterocycles. The summed E-state index contributed by atoms with van der Waals surface area (Å²) < 4.78 is 0. The second kappa shape index (κ2) is 14.8. The lowest BCUT2D eigenvalue weighted by Crippen LogP contribution is -2.15. The third-order valence-electron chi connectivity index (χ3n) is 14.1. The predicted molar refractivity (Wildman–Crippen MR) is 278 cm³/mol. The molecule has 66 heavy (non-hydrogen) atoms. The molecule has 12 aromatic rings. The highest BCUT2D eigenvalue weighted by Gasteiger charge is 2.35. The summed E-state index contributed by atoms with van der Waals surface area (Å²) in [5.74, 6) is 0. The largest absolute Gasteiger partial charge is 0.309 e. The van der Waals surface area contributed by atoms with Crippen molar-refractivity contribution in [3.8, 4) is 44.5 Å². The van der Waals surface area contributed by atoms with Crippen molar-refractivity contribution in [3.63, 3.8) is 0 Å². The van der Waals surface area contributed by atoms with E-state index in [2.05, 4.69) is 217 Å². The number of fused-ring (bicyclic) bond motifs is 3. The molecule has 0 N–H and O–H groups in total. The molecule has 0 amide bonds. The van der Waals surface area contributed by atoms with Crippen molar-refractivity contribution in [3.05, 3.63) is 236 Å². The summed E-state index contributed by atoms with van der Waals surface area (Å²) >= 11 is 0. The molecule has 0 saturated heterocycles. The summed E-state index contributed by atoms with van der Waals surface area (Å²) in [7, 11) is 0. The number of hydrogen-bond donors (Lipinski definition) is 0. The fraction of sp³-hybridized carbons (Fsp3) is 0.0476. The van der Waals surface area contributed by atoms with Gasteiger partial charge >= 0.3 is 0 Å². The number of rotatable bonds is 7. The molecule has 2 heterocycles. The fourth-order valence-corrected chi connectivity index (χ4v) is 10.8. The number of aromatic nitrogens is 2. The number of nitrogens with zero attached hydrogens (tertiary/aromatic N) is 3. The van der Waals surface area contributed by atoms with Crippen LogP contribution in [-0.4, -0.2) is 9.97 Å². The van der Waals surface area contributed by atoms with Crippen molar-refractivity contribution in [2.24, 2.45) is 0 Å². The van der Waals surface area contributed by atoms with Gasteiger partial charge in [0.05, 0.1) is 11.4 Å². The molecule has 1 aliphatic rings. The smallest absolute Gasteiger partial charge is 0.0540 e. The zero-order valence-corrected chi connectivity index (χ0v) is 36.7. The molecule has 0 spiro atoms. The van der Waals surface area contributed by atoms with E-state index in [1.165, 1.54) is 87.2 Å². The maximum Gasteiger partial charge on any atom is 0.0540 e. The molecular weight excluding hydrogens is 799 g/mol. The monoisotopic (exact) mass is 841 g/mol. The van der Waals surface area contributed by atoms with Crippen LogP contribution in [0.2, 0.25) is 0 Å². The Kier molecular flexibility index (Phi) is 8.56. The number of benzene rings is 10. The van der Waals surface area contributed by atoms with Crippen LogP contribution < -0.4 is 4.90 Å². The molecular formula is C63H43N3. The summed E-state index contributed by atoms with van der Waals surface area (Å²) in [4.78, 5) is 11.5. The molecule has 0 bridgehead atoms. The van der Waals surface area contributed by atoms with Crippen LogP contribution in [0.3, 0.4) is 0 Å². The van der Waals surface area contributed by atoms with Gasteiger partial charge in [-0.2, -0.15) is 0 Å². The molecule has 2 aromatic heterocycles. The topological polar surface area (TPSA) is 29.0 Å². The third kappa shape index (κ3) is 6.04. The van der Waals surface area contributed by atoms with Crippen molar-refractivity contribution < 1.29 is 0 Å². The van der Waals surface area contributed by atoms with Crippen molar-refractivity contribution in [1.82, 2.24) is 9.97 Å². The molecule has 310 valence electrons. The highest BCUT2D eigenvalue weighted by atomic mass is 15.1. The van der Waals surface area contributed by atoms with Crippen LogP contribution in [0, 0.1) is 0 Å². The van der Waals surface area contributed by atoms with Crippen LogP contribution in [0.15, 0.2) is 225 Å². The summed E-state index contributed by atoms with van der Waals surface area (Å²) in [5.41, 5.74) is 15.1. The summed E-state index contributed by atoms with van der Waals surface area (Å²) in [6.07, 6.45) is 7.56. The lowest BCUT2D eigenvalue weighted by molar-refractivity contribution is 0.663. The molecule has 0 atom stereocenters. The number of pyridine rings is 2. The standard InChI is InChI=1S/C63H43N3/c1-63(2)57-36-50(43-23-22-40-12-3-4-14-42(40)30-43)31-44-24-25-45-32-51(37-58(63)62(45)61(44)57)53-26-27-60(56-20-8-7-19-55(53)56)66(59-21-9-15-41-13-5-6-18-54(41)59)52-34-48(46-16-10-28-64-38-46)33-49(35-52)47-17-11-29-65-39-47/h3-39H,1-2H3. The average molecular weight is 842 g/mol. The van der Waals surface area contributed by atoms with E-state index in [1.54, 1.807) is 0 Å². The Labute approximate surface area is 383 Å². The second-order valence-corrected chi connectivity index (χ2v) is 18.3. The maximum atomic E-state index is 4.53. The van der Waals surface area contributed by atoms with E-state index in [-0.39, 0.29) is 5.41 Å². The molecule has 0 fully saturated rings. The van der Waals surface area contributed by atoms with Gasteiger partial charge in [-0.1, -0.05) is 141 Å². The molecule has 0 saturated carbocycles. The zero-order valence-electron chi connectivity index (χ0n) is 36.7. The predicted octanol–water partition coefficient (Wildman–Crippen LogP) is 17.0. The van der Waals surface area contributed by atoms with Crippen LogP contribution in [0.25, 0.3) is 98.4 Å². The Morgan fingerprint density at radius 2 is 0.894 bits per heavy atom. The zero-order chi connectivity index (χ0) is 43.9. The Morgan fingerprint density at radius 3 is 1.59 bits per heavy atom. The first-order chi connectivity index (χ1) is 32.5. The SMILES string of the molecule is CC1(C)c2cc(-c3ccc4ccccc4c3)cc3ccc4cc(-c5ccc(N(c6cc(-c7cccnc7)cc(-c7cccnc7)c6)c6cccc7ccccc67)c6ccccc56)cc1c4c23. The minimum absolute atomic E-state index is 0.199. The van der Waals surface area contributed by atoms with Crippen molar-refractivity contribution >= 4 is 70.9 Å². The average Bonchev–Trinajstić information content (AvgIpc) is 3.61. The van der Waals surface area contributed by atoms with E-state index >= 15 is 0 Å². The highest BCUT2D eigenvalue weighted by molar-refractivity contribution is 6.18. The van der Waals surface area contributed by atoms with Gasteiger partial charge in [-0.05, 0) is 160 Å². The normalized spacial score (nSPS) is 12.8. The highest BCUT2D eigenvalue weighted by Crippen LogP contribution is 2.53. The summed E-state index contributed by atoms with van der Waals surface area (Å²) in [6.45, 7) is 4.82. The number of hydrogen-bond acceptors (Lipinski definition) is 3. The molecule has 0 radical (unpaired) electrons. The van der Waals surface area contributed by atoms with Gasteiger partial charge in [0.15, 0.2) is 0 Å². The Morgan fingerprint density at radius 1 is 0.348 bits per heavy atom. The third-order valence-corrected chi connectivity index (χ3v) is 14.1. The van der Waals surface area contributed by atoms with Crippen LogP contribution in [0.4, 0.5) is 17.1 Å². The first kappa shape index (κ1) is 38.1. The molecule has 0 unspecified atom stereocenters. The van der Waals surface area contributed by atoms with E-state index in [0.717, 1.165) is 39.3 Å². The van der Waals surface area contributed by atoms with Crippen LogP contribution >= 0.6 is 0 Å². The van der Waals surface area contributed by atoms with Crippen LogP contribution in [-0.2, 0) is 5.41 Å². The van der Waals surface area contributed by atoms with Gasteiger partial charge in [-0.25, -0.2) is 0 Å². The lowest BCUT2D eigenvalue weighted by atomic mass is 9.79. The molecule has 13 rings (SSSR count). The van der Waals surface area contributed by atoms with Gasteiger partial charge in [0.2, 0.25) is 0 Å². The van der Waals surface area contributed by atoms with Gasteiger partial charge in [-0.15, -0.1) is 0 Å². The Balaban J connectivity index is 0.997. The van der Waals surface area contributed by atoms with Crippen molar-refractivity contribution in [1.29, 1.82) is 0 Å². The molecule has 3 nitrogen and oxygen atoms in total. The lowest BCUT2D eigenvalue weighted by Gasteiger charge is -2.30. The van der Waals surface area contributed by atoms with Gasteiger partial charge in [0, 0.05) is 57.8 Å². The van der Waals surface area contributed by atoms with E-state index in [4.69, 9.17) is 0 Å². The molecule has 3 heteroatoms. The van der Waals surface area contributed by atoms with Crippen LogP contribution in [0.1, 0.15) is 25.0 Å². The summed E-state index contributed by atoms with van der Waals surface area (Å²) in [5, 5.41) is 12.6.